The monoisotopic (exact) mass is 351 g/mol. The number of hydrogen-bond donors (Lipinski definition) is 1. The molecule has 7 heteroatoms. The van der Waals surface area contributed by atoms with E-state index in [1.165, 1.54) is 23.5 Å². The second kappa shape index (κ2) is 5.83. The van der Waals surface area contributed by atoms with E-state index in [0.717, 1.165) is 9.35 Å². The average Bonchev–Trinajstić information content (AvgIpc) is 2.72. The standard InChI is InChI=1S/C12H9BrF3NOS/c13-11-5-8(7-19-11)6-17-9-3-1-2-4-10(9)18-12(14,15)16/h1-5,7,17H,6H2. The number of nitrogens with one attached hydrogen (secondary N) is 1. The van der Waals surface area contributed by atoms with Crippen LogP contribution in [0.4, 0.5) is 18.9 Å². The van der Waals surface area contributed by atoms with Crippen molar-refractivity contribution in [1.82, 2.24) is 0 Å². The Hall–Kier alpha value is -1.21. The third-order valence-corrected chi connectivity index (χ3v) is 3.77. The minimum atomic E-state index is -4.69. The molecule has 0 amide bonds. The maximum absolute atomic E-state index is 12.2. The molecule has 0 unspecified atom stereocenters. The summed E-state index contributed by atoms with van der Waals surface area (Å²) in [5, 5.41) is 4.85. The summed E-state index contributed by atoms with van der Waals surface area (Å²) >= 11 is 4.85. The van der Waals surface area contributed by atoms with Crippen molar-refractivity contribution in [2.75, 3.05) is 5.32 Å². The summed E-state index contributed by atoms with van der Waals surface area (Å²) in [6.45, 7) is 0.431. The fourth-order valence-electron chi connectivity index (χ4n) is 1.46. The molecular formula is C12H9BrF3NOS. The Labute approximate surface area is 120 Å². The van der Waals surface area contributed by atoms with Crippen LogP contribution >= 0.6 is 27.3 Å². The number of anilines is 1. The molecule has 2 aromatic rings. The topological polar surface area (TPSA) is 21.3 Å². The van der Waals surface area contributed by atoms with E-state index in [1.54, 1.807) is 12.1 Å². The van der Waals surface area contributed by atoms with E-state index in [-0.39, 0.29) is 5.75 Å². The zero-order valence-corrected chi connectivity index (χ0v) is 11.9. The molecule has 102 valence electrons. The Kier molecular flexibility index (Phi) is 4.36. The van der Waals surface area contributed by atoms with E-state index in [1.807, 2.05) is 11.4 Å². The van der Waals surface area contributed by atoms with Gasteiger partial charge in [0.2, 0.25) is 0 Å². The van der Waals surface area contributed by atoms with E-state index >= 15 is 0 Å². The average molecular weight is 352 g/mol. The van der Waals surface area contributed by atoms with Crippen LogP contribution in [0.25, 0.3) is 0 Å². The number of halogens is 4. The van der Waals surface area contributed by atoms with E-state index in [2.05, 4.69) is 26.0 Å². The number of rotatable bonds is 4. The molecule has 0 spiro atoms. The lowest BCUT2D eigenvalue weighted by atomic mass is 10.2. The van der Waals surface area contributed by atoms with Gasteiger partial charge in [-0.05, 0) is 45.1 Å². The normalized spacial score (nSPS) is 11.4. The quantitative estimate of drug-likeness (QED) is 0.834. The van der Waals surface area contributed by atoms with Crippen LogP contribution in [0.1, 0.15) is 5.56 Å². The number of benzene rings is 1. The number of alkyl halides is 3. The molecule has 1 heterocycles. The van der Waals surface area contributed by atoms with Crippen molar-refractivity contribution >= 4 is 33.0 Å². The molecule has 0 bridgehead atoms. The lowest BCUT2D eigenvalue weighted by Crippen LogP contribution is -2.18. The first kappa shape index (κ1) is 14.2. The second-order valence-electron chi connectivity index (χ2n) is 3.66. The highest BCUT2D eigenvalue weighted by molar-refractivity contribution is 9.11. The van der Waals surface area contributed by atoms with Gasteiger partial charge in [0, 0.05) is 6.54 Å². The van der Waals surface area contributed by atoms with Gasteiger partial charge < -0.3 is 10.1 Å². The van der Waals surface area contributed by atoms with Crippen molar-refractivity contribution in [3.05, 3.63) is 45.1 Å². The summed E-state index contributed by atoms with van der Waals surface area (Å²) in [6.07, 6.45) is -4.69. The van der Waals surface area contributed by atoms with Crippen LogP contribution in [0.2, 0.25) is 0 Å². The molecule has 2 rings (SSSR count). The summed E-state index contributed by atoms with van der Waals surface area (Å²) in [5.74, 6) is -0.232. The first-order valence-electron chi connectivity index (χ1n) is 5.25. The SMILES string of the molecule is FC(F)(F)Oc1ccccc1NCc1csc(Br)c1. The lowest BCUT2D eigenvalue weighted by molar-refractivity contribution is -0.274. The molecule has 0 radical (unpaired) electrons. The maximum Gasteiger partial charge on any atom is 0.573 e. The van der Waals surface area contributed by atoms with Gasteiger partial charge in [0.25, 0.3) is 0 Å². The number of ether oxygens (including phenoxy) is 1. The van der Waals surface area contributed by atoms with Gasteiger partial charge in [0.05, 0.1) is 9.47 Å². The first-order valence-corrected chi connectivity index (χ1v) is 6.93. The van der Waals surface area contributed by atoms with Crippen LogP contribution in [-0.2, 0) is 6.54 Å². The molecule has 1 aromatic heterocycles. The molecule has 0 atom stereocenters. The van der Waals surface area contributed by atoms with Gasteiger partial charge in [0.1, 0.15) is 0 Å². The Morgan fingerprint density at radius 3 is 2.63 bits per heavy atom. The molecule has 0 aliphatic rings. The van der Waals surface area contributed by atoms with Gasteiger partial charge in [-0.2, -0.15) is 0 Å². The minimum Gasteiger partial charge on any atom is -0.404 e. The molecule has 1 aromatic carbocycles. The summed E-state index contributed by atoms with van der Waals surface area (Å²) in [4.78, 5) is 0. The van der Waals surface area contributed by atoms with E-state index < -0.39 is 6.36 Å². The number of thiophene rings is 1. The van der Waals surface area contributed by atoms with Crippen LogP contribution in [0.15, 0.2) is 39.5 Å². The number of para-hydroxylation sites is 2. The molecule has 2 nitrogen and oxygen atoms in total. The molecular weight excluding hydrogens is 343 g/mol. The summed E-state index contributed by atoms with van der Waals surface area (Å²) < 4.78 is 41.6. The van der Waals surface area contributed by atoms with Crippen LogP contribution in [0, 0.1) is 0 Å². The fourth-order valence-corrected chi connectivity index (χ4v) is 2.67. The van der Waals surface area contributed by atoms with Crippen LogP contribution < -0.4 is 10.1 Å². The van der Waals surface area contributed by atoms with Gasteiger partial charge >= 0.3 is 6.36 Å². The highest BCUT2D eigenvalue weighted by Crippen LogP contribution is 2.30. The van der Waals surface area contributed by atoms with Crippen molar-refractivity contribution in [3.63, 3.8) is 0 Å². The summed E-state index contributed by atoms with van der Waals surface area (Å²) in [5.41, 5.74) is 1.29. The summed E-state index contributed by atoms with van der Waals surface area (Å²) in [7, 11) is 0. The zero-order chi connectivity index (χ0) is 13.9. The Bertz CT molecular complexity index is 556. The third kappa shape index (κ3) is 4.43. The van der Waals surface area contributed by atoms with E-state index in [9.17, 15) is 13.2 Å². The first-order chi connectivity index (χ1) is 8.94. The molecule has 0 aliphatic heterocycles. The highest BCUT2D eigenvalue weighted by Gasteiger charge is 2.32. The Morgan fingerprint density at radius 1 is 1.26 bits per heavy atom. The lowest BCUT2D eigenvalue weighted by Gasteiger charge is -2.14. The minimum absolute atomic E-state index is 0.232. The van der Waals surface area contributed by atoms with Crippen molar-refractivity contribution < 1.29 is 17.9 Å². The van der Waals surface area contributed by atoms with Crippen LogP contribution in [0.5, 0.6) is 5.75 Å². The van der Waals surface area contributed by atoms with Gasteiger partial charge in [-0.15, -0.1) is 24.5 Å². The highest BCUT2D eigenvalue weighted by atomic mass is 79.9. The van der Waals surface area contributed by atoms with E-state index in [4.69, 9.17) is 0 Å². The van der Waals surface area contributed by atoms with Gasteiger partial charge in [-0.3, -0.25) is 0 Å². The van der Waals surface area contributed by atoms with Gasteiger partial charge in [-0.25, -0.2) is 0 Å². The maximum atomic E-state index is 12.2. The largest absolute Gasteiger partial charge is 0.573 e. The number of hydrogen-bond acceptors (Lipinski definition) is 3. The van der Waals surface area contributed by atoms with Crippen molar-refractivity contribution in [2.45, 2.75) is 12.9 Å². The van der Waals surface area contributed by atoms with Gasteiger partial charge in [0.15, 0.2) is 5.75 Å². The smallest absolute Gasteiger partial charge is 0.404 e. The van der Waals surface area contributed by atoms with Crippen LogP contribution in [0.3, 0.4) is 0 Å². The summed E-state index contributed by atoms with van der Waals surface area (Å²) in [6, 6.07) is 7.87. The van der Waals surface area contributed by atoms with Crippen molar-refractivity contribution in [3.8, 4) is 5.75 Å². The molecule has 0 aliphatic carbocycles. The molecule has 1 N–H and O–H groups in total. The Morgan fingerprint density at radius 2 is 2.00 bits per heavy atom. The molecule has 0 fully saturated rings. The zero-order valence-electron chi connectivity index (χ0n) is 9.50. The van der Waals surface area contributed by atoms with Gasteiger partial charge in [-0.1, -0.05) is 12.1 Å². The Balaban J connectivity index is 2.07. The molecule has 0 saturated carbocycles. The second-order valence-corrected chi connectivity index (χ2v) is 5.95. The molecule has 19 heavy (non-hydrogen) atoms. The predicted molar refractivity (Wildman–Crippen MR) is 72.5 cm³/mol. The van der Waals surface area contributed by atoms with Crippen LogP contribution in [-0.4, -0.2) is 6.36 Å². The van der Waals surface area contributed by atoms with Crippen molar-refractivity contribution in [1.29, 1.82) is 0 Å². The van der Waals surface area contributed by atoms with Crippen molar-refractivity contribution in [2.24, 2.45) is 0 Å². The third-order valence-electron chi connectivity index (χ3n) is 2.22. The molecule has 0 saturated heterocycles. The predicted octanol–water partition coefficient (Wildman–Crippen LogP) is 5.02. The fraction of sp³-hybridized carbons (Fsp3) is 0.167. The van der Waals surface area contributed by atoms with E-state index in [0.29, 0.717) is 12.2 Å².